The summed E-state index contributed by atoms with van der Waals surface area (Å²) < 4.78 is 4.60. The summed E-state index contributed by atoms with van der Waals surface area (Å²) in [4.78, 5) is 9.76. The van der Waals surface area contributed by atoms with Crippen LogP contribution >= 0.6 is 0 Å². The van der Waals surface area contributed by atoms with E-state index in [9.17, 15) is 10.1 Å². The largest absolute Gasteiger partial charge is 0.368 e. The Bertz CT molecular complexity index is 139. The van der Waals surface area contributed by atoms with Crippen LogP contribution in [0.2, 0.25) is 0 Å². The summed E-state index contributed by atoms with van der Waals surface area (Å²) in [5, 5.41) is 19.1. The van der Waals surface area contributed by atoms with Crippen molar-refractivity contribution in [3.05, 3.63) is 10.1 Å². The molecule has 1 unspecified atom stereocenters. The van der Waals surface area contributed by atoms with Crippen molar-refractivity contribution in [2.24, 2.45) is 5.92 Å². The van der Waals surface area contributed by atoms with Gasteiger partial charge in [0.25, 0.3) is 0 Å². The van der Waals surface area contributed by atoms with Gasteiger partial charge in [-0.25, -0.2) is 0 Å². The summed E-state index contributed by atoms with van der Waals surface area (Å²) >= 11 is 0. The maximum Gasteiger partial charge on any atom is 0.206 e. The zero-order valence-corrected chi connectivity index (χ0v) is 7.40. The number of methoxy groups -OCH3 is 1. The lowest BCUT2D eigenvalue weighted by Crippen LogP contribution is -2.21. The van der Waals surface area contributed by atoms with Crippen molar-refractivity contribution in [1.29, 1.82) is 0 Å². The zero-order chi connectivity index (χ0) is 9.56. The van der Waals surface area contributed by atoms with Gasteiger partial charge >= 0.3 is 0 Å². The van der Waals surface area contributed by atoms with Gasteiger partial charge in [-0.2, -0.15) is 0 Å². The van der Waals surface area contributed by atoms with E-state index in [0.717, 1.165) is 0 Å². The average Bonchev–Trinajstić information content (AvgIpc) is 2.02. The first-order valence-corrected chi connectivity index (χ1v) is 3.92. The van der Waals surface area contributed by atoms with Gasteiger partial charge in [0.2, 0.25) is 6.54 Å². The van der Waals surface area contributed by atoms with Gasteiger partial charge in [-0.3, -0.25) is 10.1 Å². The molecular formula is C7H15NO4. The lowest BCUT2D eigenvalue weighted by molar-refractivity contribution is -0.489. The number of aliphatic hydroxyl groups excluding tert-OH is 1. The van der Waals surface area contributed by atoms with E-state index in [1.807, 2.05) is 6.92 Å². The van der Waals surface area contributed by atoms with Gasteiger partial charge in [0.1, 0.15) is 0 Å². The minimum Gasteiger partial charge on any atom is -0.368 e. The van der Waals surface area contributed by atoms with Crippen molar-refractivity contribution in [2.45, 2.75) is 26.1 Å². The Morgan fingerprint density at radius 3 is 2.58 bits per heavy atom. The molecule has 2 atom stereocenters. The number of nitrogens with zero attached hydrogens (tertiary/aromatic N) is 1. The van der Waals surface area contributed by atoms with Crippen LogP contribution in [0.1, 0.15) is 19.8 Å². The van der Waals surface area contributed by atoms with Crippen LogP contribution in [0.5, 0.6) is 0 Å². The summed E-state index contributed by atoms with van der Waals surface area (Å²) in [6, 6.07) is 0. The Labute approximate surface area is 71.5 Å². The molecule has 5 nitrogen and oxygen atoms in total. The molecular weight excluding hydrogens is 162 g/mol. The second kappa shape index (κ2) is 5.91. The van der Waals surface area contributed by atoms with Gasteiger partial charge < -0.3 is 9.84 Å². The highest BCUT2D eigenvalue weighted by molar-refractivity contribution is 4.56. The first kappa shape index (κ1) is 11.3. The highest BCUT2D eigenvalue weighted by Crippen LogP contribution is 2.11. The second-order valence-electron chi connectivity index (χ2n) is 2.72. The molecule has 0 bridgehead atoms. The second-order valence-corrected chi connectivity index (χ2v) is 2.72. The fraction of sp³-hybridized carbons (Fsp3) is 1.00. The molecule has 0 aliphatic heterocycles. The van der Waals surface area contributed by atoms with E-state index < -0.39 is 6.29 Å². The molecule has 0 rings (SSSR count). The molecule has 0 amide bonds. The highest BCUT2D eigenvalue weighted by atomic mass is 16.6. The van der Waals surface area contributed by atoms with Gasteiger partial charge in [0.15, 0.2) is 6.29 Å². The van der Waals surface area contributed by atoms with Crippen LogP contribution in [0.3, 0.4) is 0 Å². The van der Waals surface area contributed by atoms with Gasteiger partial charge in [-0.15, -0.1) is 0 Å². The van der Waals surface area contributed by atoms with Crippen LogP contribution < -0.4 is 0 Å². The predicted molar refractivity (Wildman–Crippen MR) is 43.3 cm³/mol. The number of rotatable bonds is 6. The normalized spacial score (nSPS) is 15.6. The average molecular weight is 177 g/mol. The number of hydrogen-bond acceptors (Lipinski definition) is 4. The first-order valence-electron chi connectivity index (χ1n) is 3.92. The fourth-order valence-electron chi connectivity index (χ4n) is 0.962. The van der Waals surface area contributed by atoms with Gasteiger partial charge in [-0.1, -0.05) is 6.92 Å². The van der Waals surface area contributed by atoms with Gasteiger partial charge in [-0.05, 0) is 6.42 Å². The molecule has 1 N–H and O–H groups in total. The zero-order valence-electron chi connectivity index (χ0n) is 7.40. The maximum atomic E-state index is 10.1. The van der Waals surface area contributed by atoms with E-state index in [-0.39, 0.29) is 17.4 Å². The van der Waals surface area contributed by atoms with Crippen LogP contribution in [-0.4, -0.2) is 30.0 Å². The fourth-order valence-corrected chi connectivity index (χ4v) is 0.962. The molecule has 0 aliphatic carbocycles. The quantitative estimate of drug-likeness (QED) is 0.367. The molecule has 72 valence electrons. The van der Waals surface area contributed by atoms with Gasteiger partial charge in [0, 0.05) is 24.4 Å². The van der Waals surface area contributed by atoms with E-state index in [2.05, 4.69) is 4.74 Å². The standard InChI is InChI=1S/C7H15NO4/c1-3-6(5-8(10)11)4-7(9)12-2/h6-7,9H,3-5H2,1-2H3/t6-,7?/m1/s1. The minimum absolute atomic E-state index is 0.100. The third-order valence-corrected chi connectivity index (χ3v) is 1.79. The molecule has 0 radical (unpaired) electrons. The molecule has 5 heteroatoms. The van der Waals surface area contributed by atoms with E-state index >= 15 is 0 Å². The molecule has 0 aromatic rings. The van der Waals surface area contributed by atoms with Crippen molar-refractivity contribution in [3.8, 4) is 0 Å². The lowest BCUT2D eigenvalue weighted by Gasteiger charge is -2.13. The summed E-state index contributed by atoms with van der Waals surface area (Å²) in [6.07, 6.45) is 0.130. The summed E-state index contributed by atoms with van der Waals surface area (Å²) in [6.45, 7) is 1.76. The monoisotopic (exact) mass is 177 g/mol. The Kier molecular flexibility index (Phi) is 5.57. The molecule has 0 spiro atoms. The Hall–Kier alpha value is -0.680. The SMILES string of the molecule is CC[C@H](CC(O)OC)C[N+](=O)[O-]. The van der Waals surface area contributed by atoms with Crippen molar-refractivity contribution in [3.63, 3.8) is 0 Å². The van der Waals surface area contributed by atoms with Crippen LogP contribution in [0.15, 0.2) is 0 Å². The summed E-state index contributed by atoms with van der Waals surface area (Å²) in [5.41, 5.74) is 0. The third kappa shape index (κ3) is 5.03. The predicted octanol–water partition coefficient (Wildman–Crippen LogP) is 0.644. The number of hydrogen-bond donors (Lipinski definition) is 1. The Morgan fingerprint density at radius 1 is 1.67 bits per heavy atom. The Balaban J connectivity index is 3.74. The van der Waals surface area contributed by atoms with Gasteiger partial charge in [0.05, 0.1) is 0 Å². The molecule has 0 aromatic heterocycles. The molecule has 12 heavy (non-hydrogen) atoms. The molecule has 0 fully saturated rings. The Morgan fingerprint density at radius 2 is 2.25 bits per heavy atom. The molecule has 0 aliphatic rings. The summed E-state index contributed by atoms with van der Waals surface area (Å²) in [5.74, 6) is -0.102. The first-order chi connectivity index (χ1) is 5.60. The lowest BCUT2D eigenvalue weighted by atomic mass is 10.0. The number of nitro groups is 1. The molecule has 0 aromatic carbocycles. The number of aliphatic hydroxyl groups is 1. The highest BCUT2D eigenvalue weighted by Gasteiger charge is 2.17. The van der Waals surface area contributed by atoms with Crippen molar-refractivity contribution < 1.29 is 14.8 Å². The topological polar surface area (TPSA) is 72.6 Å². The van der Waals surface area contributed by atoms with E-state index in [0.29, 0.717) is 12.8 Å². The van der Waals surface area contributed by atoms with Crippen molar-refractivity contribution in [2.75, 3.05) is 13.7 Å². The van der Waals surface area contributed by atoms with Crippen LogP contribution in [0, 0.1) is 16.0 Å². The van der Waals surface area contributed by atoms with Crippen LogP contribution in [0.4, 0.5) is 0 Å². The molecule has 0 saturated heterocycles. The number of ether oxygens (including phenoxy) is 1. The van der Waals surface area contributed by atoms with Crippen molar-refractivity contribution in [1.82, 2.24) is 0 Å². The maximum absolute atomic E-state index is 10.1. The third-order valence-electron chi connectivity index (χ3n) is 1.79. The van der Waals surface area contributed by atoms with Crippen molar-refractivity contribution >= 4 is 0 Å². The van der Waals surface area contributed by atoms with Crippen LogP contribution in [0.25, 0.3) is 0 Å². The van der Waals surface area contributed by atoms with E-state index in [4.69, 9.17) is 5.11 Å². The van der Waals surface area contributed by atoms with E-state index in [1.54, 1.807) is 0 Å². The van der Waals surface area contributed by atoms with Crippen LogP contribution in [-0.2, 0) is 4.74 Å². The molecule has 0 heterocycles. The minimum atomic E-state index is -0.880. The summed E-state index contributed by atoms with van der Waals surface area (Å²) in [7, 11) is 1.38. The molecule has 0 saturated carbocycles. The van der Waals surface area contributed by atoms with E-state index in [1.165, 1.54) is 7.11 Å². The smallest absolute Gasteiger partial charge is 0.206 e.